The molecule has 3 aromatic rings. The third-order valence-electron chi connectivity index (χ3n) is 7.51. The van der Waals surface area contributed by atoms with Gasteiger partial charge in [0.2, 0.25) is 5.91 Å². The van der Waals surface area contributed by atoms with Crippen LogP contribution < -0.4 is 4.74 Å². The fourth-order valence-corrected chi connectivity index (χ4v) is 5.59. The van der Waals surface area contributed by atoms with Crippen LogP contribution in [0, 0.1) is 5.92 Å². The number of ether oxygens (including phenoxy) is 1. The van der Waals surface area contributed by atoms with Gasteiger partial charge >= 0.3 is 0 Å². The predicted molar refractivity (Wildman–Crippen MR) is 135 cm³/mol. The summed E-state index contributed by atoms with van der Waals surface area (Å²) in [6.45, 7) is 3.04. The van der Waals surface area contributed by atoms with Crippen molar-refractivity contribution in [2.45, 2.75) is 51.1 Å². The maximum atomic E-state index is 13.3. The van der Waals surface area contributed by atoms with E-state index in [0.29, 0.717) is 18.9 Å². The van der Waals surface area contributed by atoms with Gasteiger partial charge in [0.15, 0.2) is 6.61 Å². The second kappa shape index (κ2) is 10.9. The topological polar surface area (TPSA) is 67.7 Å². The van der Waals surface area contributed by atoms with Crippen LogP contribution in [0.3, 0.4) is 0 Å². The van der Waals surface area contributed by atoms with E-state index in [1.165, 1.54) is 6.42 Å². The highest BCUT2D eigenvalue weighted by atomic mass is 16.5. The molecule has 2 fully saturated rings. The number of carbonyl (C=O) groups is 2. The molecule has 184 valence electrons. The maximum Gasteiger partial charge on any atom is 0.260 e. The number of rotatable bonds is 7. The summed E-state index contributed by atoms with van der Waals surface area (Å²) < 4.78 is 7.72. The molecule has 2 aliphatic heterocycles. The van der Waals surface area contributed by atoms with Crippen LogP contribution in [-0.4, -0.2) is 63.4 Å². The lowest BCUT2D eigenvalue weighted by Gasteiger charge is -2.43. The molecule has 0 spiro atoms. The number of amides is 2. The Labute approximate surface area is 206 Å². The lowest BCUT2D eigenvalue weighted by Crippen LogP contribution is -2.51. The average molecular weight is 475 g/mol. The zero-order valence-corrected chi connectivity index (χ0v) is 20.2. The summed E-state index contributed by atoms with van der Waals surface area (Å²) in [7, 11) is 0. The molecular formula is C28H34N4O3. The van der Waals surface area contributed by atoms with Gasteiger partial charge in [-0.25, -0.2) is 4.98 Å². The summed E-state index contributed by atoms with van der Waals surface area (Å²) >= 11 is 0. The normalized spacial score (nSPS) is 19.1. The zero-order valence-electron chi connectivity index (χ0n) is 20.2. The fourth-order valence-electron chi connectivity index (χ4n) is 5.59. The maximum absolute atomic E-state index is 13.3. The van der Waals surface area contributed by atoms with Crippen molar-refractivity contribution in [3.63, 3.8) is 0 Å². The van der Waals surface area contributed by atoms with E-state index < -0.39 is 0 Å². The highest BCUT2D eigenvalue weighted by Gasteiger charge is 2.35. The van der Waals surface area contributed by atoms with Gasteiger partial charge in [-0.05, 0) is 62.3 Å². The summed E-state index contributed by atoms with van der Waals surface area (Å²) in [4.78, 5) is 34.4. The number of nitrogens with zero attached hydrogens (tertiary/aromatic N) is 4. The van der Waals surface area contributed by atoms with Crippen LogP contribution in [0.25, 0.3) is 11.0 Å². The van der Waals surface area contributed by atoms with Crippen molar-refractivity contribution < 1.29 is 14.3 Å². The Balaban J connectivity index is 1.13. The van der Waals surface area contributed by atoms with E-state index in [0.717, 1.165) is 62.1 Å². The van der Waals surface area contributed by atoms with Crippen LogP contribution in [0.2, 0.25) is 0 Å². The standard InChI is InChI=1S/C28H34N4O3/c33-27(15-19-31-21-29-24-10-4-5-12-26(24)31)32-16-7-6-11-25(32)22-13-17-30(18-14-22)28(34)20-35-23-8-2-1-3-9-23/h1-5,8-10,12,21-22,25H,6-7,11,13-20H2/t25-/m0/s1. The number of hydrogen-bond donors (Lipinski definition) is 0. The summed E-state index contributed by atoms with van der Waals surface area (Å²) in [5, 5.41) is 0. The molecule has 0 N–H and O–H groups in total. The highest BCUT2D eigenvalue weighted by Crippen LogP contribution is 2.31. The first-order chi connectivity index (χ1) is 17.2. The minimum atomic E-state index is 0.0384. The second-order valence-electron chi connectivity index (χ2n) is 9.65. The number of imidazole rings is 1. The molecule has 35 heavy (non-hydrogen) atoms. The van der Waals surface area contributed by atoms with Crippen molar-refractivity contribution in [2.24, 2.45) is 5.92 Å². The number of hydrogen-bond acceptors (Lipinski definition) is 4. The third kappa shape index (κ3) is 5.50. The van der Waals surface area contributed by atoms with E-state index in [1.54, 1.807) is 0 Å². The number of para-hydroxylation sites is 3. The fraction of sp³-hybridized carbons (Fsp3) is 0.464. The zero-order chi connectivity index (χ0) is 24.0. The molecule has 5 rings (SSSR count). The SMILES string of the molecule is O=C(COc1ccccc1)N1CCC([C@@H]2CCCCN2C(=O)CCn2cnc3ccccc32)CC1. The van der Waals surface area contributed by atoms with Crippen LogP contribution in [-0.2, 0) is 16.1 Å². The highest BCUT2D eigenvalue weighted by molar-refractivity contribution is 5.78. The predicted octanol–water partition coefficient (Wildman–Crippen LogP) is 4.13. The number of benzene rings is 2. The lowest BCUT2D eigenvalue weighted by molar-refractivity contribution is -0.139. The number of fused-ring (bicyclic) bond motifs is 1. The number of piperidine rings is 2. The van der Waals surface area contributed by atoms with Crippen LogP contribution >= 0.6 is 0 Å². The summed E-state index contributed by atoms with van der Waals surface area (Å²) in [5.74, 6) is 1.45. The van der Waals surface area contributed by atoms with Gasteiger partial charge in [-0.3, -0.25) is 9.59 Å². The molecule has 2 saturated heterocycles. The molecule has 0 saturated carbocycles. The van der Waals surface area contributed by atoms with Gasteiger partial charge in [-0.2, -0.15) is 0 Å². The van der Waals surface area contributed by atoms with Gasteiger partial charge in [0.25, 0.3) is 5.91 Å². The first kappa shape index (κ1) is 23.4. The average Bonchev–Trinajstić information content (AvgIpc) is 3.34. The van der Waals surface area contributed by atoms with E-state index >= 15 is 0 Å². The van der Waals surface area contributed by atoms with Gasteiger partial charge in [0.1, 0.15) is 5.75 Å². The number of aryl methyl sites for hydroxylation is 1. The number of carbonyl (C=O) groups excluding carboxylic acids is 2. The van der Waals surface area contributed by atoms with Gasteiger partial charge in [-0.15, -0.1) is 0 Å². The molecule has 2 aromatic carbocycles. The summed E-state index contributed by atoms with van der Waals surface area (Å²) in [6, 6.07) is 17.8. The molecule has 7 heteroatoms. The molecule has 2 amide bonds. The van der Waals surface area contributed by atoms with Gasteiger partial charge in [-0.1, -0.05) is 30.3 Å². The third-order valence-corrected chi connectivity index (χ3v) is 7.51. The first-order valence-electron chi connectivity index (χ1n) is 12.8. The second-order valence-corrected chi connectivity index (χ2v) is 9.65. The Kier molecular flexibility index (Phi) is 7.31. The van der Waals surface area contributed by atoms with Crippen molar-refractivity contribution in [3.05, 3.63) is 60.9 Å². The molecule has 1 atom stereocenters. The molecule has 0 radical (unpaired) electrons. The Morgan fingerprint density at radius 1 is 0.886 bits per heavy atom. The molecule has 0 bridgehead atoms. The molecule has 0 aliphatic carbocycles. The number of likely N-dealkylation sites (tertiary alicyclic amines) is 2. The first-order valence-corrected chi connectivity index (χ1v) is 12.8. The Hall–Kier alpha value is -3.35. The lowest BCUT2D eigenvalue weighted by atomic mass is 9.83. The van der Waals surface area contributed by atoms with E-state index in [2.05, 4.69) is 20.5 Å². The summed E-state index contributed by atoms with van der Waals surface area (Å²) in [5.41, 5.74) is 2.04. The Morgan fingerprint density at radius 3 is 2.49 bits per heavy atom. The van der Waals surface area contributed by atoms with Crippen molar-refractivity contribution in [1.82, 2.24) is 19.4 Å². The minimum absolute atomic E-state index is 0.0384. The number of aromatic nitrogens is 2. The molecule has 7 nitrogen and oxygen atoms in total. The van der Waals surface area contributed by atoms with Gasteiger partial charge in [0, 0.05) is 38.6 Å². The van der Waals surface area contributed by atoms with Gasteiger partial charge in [0.05, 0.1) is 17.4 Å². The molecule has 0 unspecified atom stereocenters. The van der Waals surface area contributed by atoms with Crippen molar-refractivity contribution in [2.75, 3.05) is 26.2 Å². The van der Waals surface area contributed by atoms with E-state index in [9.17, 15) is 9.59 Å². The molecule has 2 aliphatic rings. The molecular weight excluding hydrogens is 440 g/mol. The smallest absolute Gasteiger partial charge is 0.260 e. The van der Waals surface area contributed by atoms with E-state index in [1.807, 2.05) is 59.8 Å². The van der Waals surface area contributed by atoms with Crippen molar-refractivity contribution in [1.29, 1.82) is 0 Å². The Bertz CT molecular complexity index is 1140. The Morgan fingerprint density at radius 2 is 1.66 bits per heavy atom. The monoisotopic (exact) mass is 474 g/mol. The van der Waals surface area contributed by atoms with Crippen LogP contribution in [0.4, 0.5) is 0 Å². The molecule has 3 heterocycles. The summed E-state index contributed by atoms with van der Waals surface area (Å²) in [6.07, 6.45) is 7.52. The minimum Gasteiger partial charge on any atom is -0.484 e. The van der Waals surface area contributed by atoms with Crippen LogP contribution in [0.5, 0.6) is 5.75 Å². The quantitative estimate of drug-likeness (QED) is 0.517. The van der Waals surface area contributed by atoms with Crippen LogP contribution in [0.15, 0.2) is 60.9 Å². The van der Waals surface area contributed by atoms with Crippen molar-refractivity contribution >= 4 is 22.8 Å². The largest absolute Gasteiger partial charge is 0.484 e. The van der Waals surface area contributed by atoms with Crippen LogP contribution in [0.1, 0.15) is 38.5 Å². The van der Waals surface area contributed by atoms with E-state index in [4.69, 9.17) is 4.74 Å². The van der Waals surface area contributed by atoms with E-state index in [-0.39, 0.29) is 24.5 Å². The van der Waals surface area contributed by atoms with Gasteiger partial charge < -0.3 is 19.1 Å². The van der Waals surface area contributed by atoms with Crippen molar-refractivity contribution in [3.8, 4) is 5.75 Å². The molecule has 1 aromatic heterocycles.